The first-order valence-corrected chi connectivity index (χ1v) is 8.53. The highest BCUT2D eigenvalue weighted by Crippen LogP contribution is 2.33. The van der Waals surface area contributed by atoms with Crippen LogP contribution in [0.2, 0.25) is 0 Å². The third kappa shape index (κ3) is 2.84. The molecule has 2 atom stereocenters. The first-order chi connectivity index (χ1) is 12.6. The Morgan fingerprint density at radius 2 is 2.23 bits per heavy atom. The molecule has 1 saturated heterocycles. The quantitative estimate of drug-likeness (QED) is 0.756. The zero-order valence-electron chi connectivity index (χ0n) is 14.3. The number of aromatic nitrogens is 3. The molecule has 1 amide bonds. The van der Waals surface area contributed by atoms with Crippen LogP contribution in [-0.4, -0.2) is 50.8 Å². The number of likely N-dealkylation sites (tertiary alicyclic amines) is 1. The molecule has 2 aromatic heterocycles. The second-order valence-electron chi connectivity index (χ2n) is 6.76. The number of halogens is 1. The number of carbonyl (C=O) groups excluding carboxylic acids is 1. The number of nitrogens with one attached hydrogen (secondary N) is 1. The minimum absolute atomic E-state index is 0.0525. The van der Waals surface area contributed by atoms with E-state index in [-0.39, 0.29) is 30.2 Å². The van der Waals surface area contributed by atoms with Crippen molar-refractivity contribution in [2.24, 2.45) is 5.92 Å². The van der Waals surface area contributed by atoms with Gasteiger partial charge in [0.25, 0.3) is 5.91 Å². The van der Waals surface area contributed by atoms with Gasteiger partial charge in [-0.05, 0) is 30.7 Å². The van der Waals surface area contributed by atoms with Crippen molar-refractivity contribution in [3.8, 4) is 0 Å². The van der Waals surface area contributed by atoms with E-state index >= 15 is 0 Å². The van der Waals surface area contributed by atoms with Crippen LogP contribution >= 0.6 is 0 Å². The summed E-state index contributed by atoms with van der Waals surface area (Å²) in [6.45, 7) is 2.70. The van der Waals surface area contributed by atoms with Gasteiger partial charge in [0.1, 0.15) is 5.82 Å². The van der Waals surface area contributed by atoms with E-state index in [0.717, 1.165) is 16.6 Å². The highest BCUT2D eigenvalue weighted by atomic mass is 19.1. The fourth-order valence-electron chi connectivity index (χ4n) is 3.66. The third-order valence-corrected chi connectivity index (χ3v) is 5.09. The predicted molar refractivity (Wildman–Crippen MR) is 94.2 cm³/mol. The van der Waals surface area contributed by atoms with Gasteiger partial charge < -0.3 is 10.0 Å². The molecule has 1 fully saturated rings. The number of aliphatic hydroxyl groups is 1. The van der Waals surface area contributed by atoms with E-state index in [9.17, 15) is 14.3 Å². The molecule has 134 valence electrons. The fraction of sp³-hybridized carbons (Fsp3) is 0.316. The molecule has 0 bridgehead atoms. The monoisotopic (exact) mass is 354 g/mol. The Balaban J connectivity index is 1.61. The normalized spacial score (nSPS) is 20.0. The Kier molecular flexibility index (Phi) is 4.16. The summed E-state index contributed by atoms with van der Waals surface area (Å²) < 4.78 is 13.6. The van der Waals surface area contributed by atoms with Crippen LogP contribution in [0.25, 0.3) is 11.0 Å². The van der Waals surface area contributed by atoms with Gasteiger partial charge in [0.2, 0.25) is 0 Å². The fourth-order valence-corrected chi connectivity index (χ4v) is 3.66. The lowest BCUT2D eigenvalue weighted by Crippen LogP contribution is -2.29. The van der Waals surface area contributed by atoms with Crippen LogP contribution in [-0.2, 0) is 0 Å². The van der Waals surface area contributed by atoms with Crippen molar-refractivity contribution in [3.05, 3.63) is 59.2 Å². The SMILES string of the molecule is Cc1[nH]nc2ncc(C(=O)N3C[C@@H](CO)[C@H](c4cccc(F)c4)C3)cc12. The van der Waals surface area contributed by atoms with Crippen LogP contribution in [0.5, 0.6) is 0 Å². The smallest absolute Gasteiger partial charge is 0.255 e. The molecule has 0 radical (unpaired) electrons. The number of aryl methyl sites for hydroxylation is 1. The third-order valence-electron chi connectivity index (χ3n) is 5.09. The largest absolute Gasteiger partial charge is 0.396 e. The van der Waals surface area contributed by atoms with Crippen LogP contribution in [0.3, 0.4) is 0 Å². The van der Waals surface area contributed by atoms with Gasteiger partial charge in [-0.2, -0.15) is 5.10 Å². The molecule has 1 aliphatic heterocycles. The molecular formula is C19H19FN4O2. The van der Waals surface area contributed by atoms with Crippen molar-refractivity contribution in [2.45, 2.75) is 12.8 Å². The molecule has 1 aromatic carbocycles. The van der Waals surface area contributed by atoms with E-state index in [1.54, 1.807) is 17.0 Å². The number of carbonyl (C=O) groups is 1. The highest BCUT2D eigenvalue weighted by molar-refractivity contribution is 5.97. The molecule has 3 heterocycles. The van der Waals surface area contributed by atoms with E-state index in [0.29, 0.717) is 24.3 Å². The van der Waals surface area contributed by atoms with E-state index < -0.39 is 0 Å². The minimum atomic E-state index is -0.311. The topological polar surface area (TPSA) is 82.1 Å². The zero-order valence-corrected chi connectivity index (χ0v) is 14.3. The second-order valence-corrected chi connectivity index (χ2v) is 6.76. The molecular weight excluding hydrogens is 335 g/mol. The van der Waals surface area contributed by atoms with Gasteiger partial charge in [0.15, 0.2) is 5.65 Å². The van der Waals surface area contributed by atoms with Crippen LogP contribution in [0, 0.1) is 18.7 Å². The van der Waals surface area contributed by atoms with Gasteiger partial charge in [-0.15, -0.1) is 0 Å². The van der Waals surface area contributed by atoms with Gasteiger partial charge in [0, 0.05) is 48.8 Å². The lowest BCUT2D eigenvalue weighted by molar-refractivity contribution is 0.0781. The van der Waals surface area contributed by atoms with Gasteiger partial charge >= 0.3 is 0 Å². The number of H-pyrrole nitrogens is 1. The number of pyridine rings is 1. The van der Waals surface area contributed by atoms with Crippen molar-refractivity contribution in [2.75, 3.05) is 19.7 Å². The van der Waals surface area contributed by atoms with Crippen molar-refractivity contribution in [1.29, 1.82) is 0 Å². The van der Waals surface area contributed by atoms with Crippen LogP contribution in [0.4, 0.5) is 4.39 Å². The van der Waals surface area contributed by atoms with Crippen LogP contribution < -0.4 is 0 Å². The molecule has 26 heavy (non-hydrogen) atoms. The average Bonchev–Trinajstić information content (AvgIpc) is 3.25. The molecule has 2 N–H and O–H groups in total. The van der Waals surface area contributed by atoms with Gasteiger partial charge in [0.05, 0.1) is 5.56 Å². The summed E-state index contributed by atoms with van der Waals surface area (Å²) in [6.07, 6.45) is 1.52. The number of aromatic amines is 1. The number of nitrogens with zero attached hydrogens (tertiary/aromatic N) is 3. The molecule has 0 spiro atoms. The molecule has 1 aliphatic rings. The molecule has 7 heteroatoms. The number of amides is 1. The lowest BCUT2D eigenvalue weighted by Gasteiger charge is -2.17. The second kappa shape index (κ2) is 6.49. The number of benzene rings is 1. The van der Waals surface area contributed by atoms with Gasteiger partial charge in [-0.25, -0.2) is 9.37 Å². The number of hydrogen-bond donors (Lipinski definition) is 2. The van der Waals surface area contributed by atoms with Crippen LogP contribution in [0.1, 0.15) is 27.5 Å². The van der Waals surface area contributed by atoms with E-state index in [1.807, 2.05) is 13.0 Å². The molecule has 0 aliphatic carbocycles. The summed E-state index contributed by atoms with van der Waals surface area (Å²) in [4.78, 5) is 18.9. The van der Waals surface area contributed by atoms with Crippen molar-refractivity contribution < 1.29 is 14.3 Å². The molecule has 4 rings (SSSR count). The average molecular weight is 354 g/mol. The van der Waals surface area contributed by atoms with Crippen molar-refractivity contribution >= 4 is 16.9 Å². The standard InChI is InChI=1S/C19H19FN4O2/c1-11-16-6-13(7-21-18(16)23-22-11)19(26)24-8-14(10-25)17(9-24)12-3-2-4-15(20)5-12/h2-7,14,17,25H,8-10H2,1H3,(H,21,22,23)/t14-,17-/m0/s1. The summed E-state index contributed by atoms with van der Waals surface area (Å²) in [5.74, 6) is -0.661. The zero-order chi connectivity index (χ0) is 18.3. The Morgan fingerprint density at radius 3 is 3.00 bits per heavy atom. The summed E-state index contributed by atoms with van der Waals surface area (Å²) >= 11 is 0. The van der Waals surface area contributed by atoms with Gasteiger partial charge in [-0.1, -0.05) is 12.1 Å². The van der Waals surface area contributed by atoms with Crippen LogP contribution in [0.15, 0.2) is 36.5 Å². The molecule has 3 aromatic rings. The number of fused-ring (bicyclic) bond motifs is 1. The number of hydrogen-bond acceptors (Lipinski definition) is 4. The Morgan fingerprint density at radius 1 is 1.38 bits per heavy atom. The maximum Gasteiger partial charge on any atom is 0.255 e. The molecule has 0 unspecified atom stereocenters. The lowest BCUT2D eigenvalue weighted by atomic mass is 9.89. The van der Waals surface area contributed by atoms with E-state index in [4.69, 9.17) is 0 Å². The summed E-state index contributed by atoms with van der Waals surface area (Å²) in [6, 6.07) is 8.15. The summed E-state index contributed by atoms with van der Waals surface area (Å²) in [5.41, 5.74) is 2.72. The summed E-state index contributed by atoms with van der Waals surface area (Å²) in [7, 11) is 0. The summed E-state index contributed by atoms with van der Waals surface area (Å²) in [5, 5.41) is 17.5. The number of aliphatic hydroxyl groups excluding tert-OH is 1. The minimum Gasteiger partial charge on any atom is -0.396 e. The Labute approximate surface area is 149 Å². The van der Waals surface area contributed by atoms with Gasteiger partial charge in [-0.3, -0.25) is 9.89 Å². The molecule has 6 nitrogen and oxygen atoms in total. The Bertz CT molecular complexity index is 971. The first kappa shape index (κ1) is 16.7. The first-order valence-electron chi connectivity index (χ1n) is 8.53. The van der Waals surface area contributed by atoms with Crippen molar-refractivity contribution in [3.63, 3.8) is 0 Å². The Hall–Kier alpha value is -2.80. The van der Waals surface area contributed by atoms with E-state index in [2.05, 4.69) is 15.2 Å². The number of rotatable bonds is 3. The molecule has 0 saturated carbocycles. The maximum atomic E-state index is 13.6. The van der Waals surface area contributed by atoms with E-state index in [1.165, 1.54) is 18.3 Å². The predicted octanol–water partition coefficient (Wildman–Crippen LogP) is 2.25. The maximum absolute atomic E-state index is 13.6. The van der Waals surface area contributed by atoms with Crippen molar-refractivity contribution in [1.82, 2.24) is 20.1 Å². The highest BCUT2D eigenvalue weighted by Gasteiger charge is 2.36.